The van der Waals surface area contributed by atoms with E-state index in [1.165, 1.54) is 31.5 Å². The predicted octanol–water partition coefficient (Wildman–Crippen LogP) is 3.14. The fraction of sp³-hybridized carbons (Fsp3) is 0.667. The predicted molar refractivity (Wildman–Crippen MR) is 76.7 cm³/mol. The minimum absolute atomic E-state index is 0.907. The van der Waals surface area contributed by atoms with E-state index >= 15 is 0 Å². The lowest BCUT2D eigenvalue weighted by molar-refractivity contribution is 0.315. The van der Waals surface area contributed by atoms with E-state index in [2.05, 4.69) is 41.2 Å². The number of nitrogens with zero attached hydrogens (tertiary/aromatic N) is 2. The first-order valence-corrected chi connectivity index (χ1v) is 7.23. The Labute approximate surface area is 111 Å². The zero-order valence-corrected chi connectivity index (χ0v) is 11.7. The van der Waals surface area contributed by atoms with Gasteiger partial charge in [0, 0.05) is 25.8 Å². The average molecular weight is 247 g/mol. The molecule has 100 valence electrons. The summed E-state index contributed by atoms with van der Waals surface area (Å²) in [5, 5.41) is 3.35. The second-order valence-electron chi connectivity index (χ2n) is 5.27. The van der Waals surface area contributed by atoms with Crippen LogP contribution in [0.5, 0.6) is 0 Å². The third-order valence-electron chi connectivity index (χ3n) is 3.73. The molecule has 0 aliphatic carbocycles. The van der Waals surface area contributed by atoms with Crippen LogP contribution in [0.3, 0.4) is 0 Å². The quantitative estimate of drug-likeness (QED) is 0.837. The van der Waals surface area contributed by atoms with Gasteiger partial charge in [0.1, 0.15) is 5.82 Å². The van der Waals surface area contributed by atoms with Gasteiger partial charge >= 0.3 is 0 Å². The summed E-state index contributed by atoms with van der Waals surface area (Å²) in [6.45, 7) is 9.05. The zero-order valence-electron chi connectivity index (χ0n) is 11.7. The van der Waals surface area contributed by atoms with E-state index < -0.39 is 0 Å². The topological polar surface area (TPSA) is 28.2 Å². The molecule has 1 fully saturated rings. The molecule has 1 aromatic rings. The molecular formula is C15H25N3. The number of anilines is 1. The normalized spacial score (nSPS) is 20.2. The standard InChI is InChI=1S/C15H25N3/c1-3-7-16-15-10-14(5-8-17-15)12-18-9-6-13(4-2)11-18/h5,8,10,13H,3-4,6-7,9,11-12H2,1-2H3,(H,16,17). The highest BCUT2D eigenvalue weighted by molar-refractivity contribution is 5.37. The van der Waals surface area contributed by atoms with Crippen molar-refractivity contribution in [3.8, 4) is 0 Å². The lowest BCUT2D eigenvalue weighted by Crippen LogP contribution is -2.20. The summed E-state index contributed by atoms with van der Waals surface area (Å²) < 4.78 is 0. The van der Waals surface area contributed by atoms with Gasteiger partial charge in [-0.05, 0) is 43.0 Å². The van der Waals surface area contributed by atoms with Crippen molar-refractivity contribution in [3.05, 3.63) is 23.9 Å². The van der Waals surface area contributed by atoms with Crippen LogP contribution in [-0.2, 0) is 6.54 Å². The molecule has 0 saturated carbocycles. The van der Waals surface area contributed by atoms with Gasteiger partial charge in [0.2, 0.25) is 0 Å². The van der Waals surface area contributed by atoms with Crippen LogP contribution in [0, 0.1) is 5.92 Å². The Balaban J connectivity index is 1.89. The third-order valence-corrected chi connectivity index (χ3v) is 3.73. The van der Waals surface area contributed by atoms with Crippen LogP contribution in [0.25, 0.3) is 0 Å². The molecule has 0 bridgehead atoms. The van der Waals surface area contributed by atoms with Crippen molar-refractivity contribution in [3.63, 3.8) is 0 Å². The first-order chi connectivity index (χ1) is 8.81. The molecule has 0 radical (unpaired) electrons. The van der Waals surface area contributed by atoms with Crippen molar-refractivity contribution in [2.24, 2.45) is 5.92 Å². The molecule has 0 aromatic carbocycles. The summed E-state index contributed by atoms with van der Waals surface area (Å²) in [4.78, 5) is 6.92. The number of nitrogens with one attached hydrogen (secondary N) is 1. The van der Waals surface area contributed by atoms with Gasteiger partial charge in [-0.1, -0.05) is 20.3 Å². The Morgan fingerprint density at radius 3 is 3.06 bits per heavy atom. The third kappa shape index (κ3) is 3.70. The maximum absolute atomic E-state index is 4.35. The number of rotatable bonds is 6. The van der Waals surface area contributed by atoms with Crippen molar-refractivity contribution >= 4 is 5.82 Å². The van der Waals surface area contributed by atoms with Crippen LogP contribution in [0.1, 0.15) is 38.7 Å². The van der Waals surface area contributed by atoms with Gasteiger partial charge in [-0.3, -0.25) is 4.90 Å². The maximum Gasteiger partial charge on any atom is 0.126 e. The summed E-state index contributed by atoms with van der Waals surface area (Å²) in [6.07, 6.45) is 5.73. The molecule has 1 atom stereocenters. The highest BCUT2D eigenvalue weighted by Gasteiger charge is 2.20. The van der Waals surface area contributed by atoms with Crippen molar-refractivity contribution in [1.29, 1.82) is 0 Å². The Bertz CT molecular complexity index is 365. The first-order valence-electron chi connectivity index (χ1n) is 7.23. The Morgan fingerprint density at radius 1 is 1.44 bits per heavy atom. The summed E-state index contributed by atoms with van der Waals surface area (Å²) in [7, 11) is 0. The molecule has 2 rings (SSSR count). The first kappa shape index (κ1) is 13.3. The van der Waals surface area contributed by atoms with E-state index in [0.717, 1.165) is 31.2 Å². The summed E-state index contributed by atoms with van der Waals surface area (Å²) in [5.74, 6) is 1.92. The van der Waals surface area contributed by atoms with Crippen LogP contribution in [-0.4, -0.2) is 29.5 Å². The molecule has 1 saturated heterocycles. The lowest BCUT2D eigenvalue weighted by Gasteiger charge is -2.16. The SMILES string of the molecule is CCCNc1cc(CN2CCC(CC)C2)ccn1. The van der Waals surface area contributed by atoms with Crippen molar-refractivity contribution in [2.75, 3.05) is 25.0 Å². The van der Waals surface area contributed by atoms with Crippen LogP contribution in [0.15, 0.2) is 18.3 Å². The van der Waals surface area contributed by atoms with Crippen molar-refractivity contribution in [1.82, 2.24) is 9.88 Å². The van der Waals surface area contributed by atoms with Crippen molar-refractivity contribution < 1.29 is 0 Å². The molecule has 1 aliphatic rings. The number of likely N-dealkylation sites (tertiary alicyclic amines) is 1. The average Bonchev–Trinajstić information content (AvgIpc) is 2.84. The Hall–Kier alpha value is -1.09. The molecule has 3 heteroatoms. The highest BCUT2D eigenvalue weighted by Crippen LogP contribution is 2.21. The molecule has 0 amide bonds. The van der Waals surface area contributed by atoms with E-state index in [0.29, 0.717) is 0 Å². The van der Waals surface area contributed by atoms with Gasteiger partial charge in [-0.2, -0.15) is 0 Å². The molecule has 18 heavy (non-hydrogen) atoms. The van der Waals surface area contributed by atoms with Crippen molar-refractivity contribution in [2.45, 2.75) is 39.7 Å². The maximum atomic E-state index is 4.35. The van der Waals surface area contributed by atoms with Gasteiger partial charge in [0.05, 0.1) is 0 Å². The zero-order chi connectivity index (χ0) is 12.8. The summed E-state index contributed by atoms with van der Waals surface area (Å²) >= 11 is 0. The second kappa shape index (κ2) is 6.74. The van der Waals surface area contributed by atoms with E-state index in [-0.39, 0.29) is 0 Å². The highest BCUT2D eigenvalue weighted by atomic mass is 15.1. The van der Waals surface area contributed by atoms with Crippen LogP contribution in [0.2, 0.25) is 0 Å². The molecule has 1 N–H and O–H groups in total. The molecule has 2 heterocycles. The fourth-order valence-electron chi connectivity index (χ4n) is 2.57. The van der Waals surface area contributed by atoms with Crippen LogP contribution >= 0.6 is 0 Å². The van der Waals surface area contributed by atoms with Gasteiger partial charge in [-0.25, -0.2) is 4.98 Å². The molecule has 1 unspecified atom stereocenters. The van der Waals surface area contributed by atoms with Crippen LogP contribution < -0.4 is 5.32 Å². The van der Waals surface area contributed by atoms with Gasteiger partial charge in [0.15, 0.2) is 0 Å². The van der Waals surface area contributed by atoms with Gasteiger partial charge < -0.3 is 5.32 Å². The summed E-state index contributed by atoms with van der Waals surface area (Å²) in [5.41, 5.74) is 1.38. The lowest BCUT2D eigenvalue weighted by atomic mass is 10.1. The molecule has 1 aromatic heterocycles. The largest absolute Gasteiger partial charge is 0.370 e. The molecule has 1 aliphatic heterocycles. The number of hydrogen-bond donors (Lipinski definition) is 1. The van der Waals surface area contributed by atoms with Gasteiger partial charge in [0.25, 0.3) is 0 Å². The van der Waals surface area contributed by atoms with E-state index in [4.69, 9.17) is 0 Å². The van der Waals surface area contributed by atoms with E-state index in [9.17, 15) is 0 Å². The monoisotopic (exact) mass is 247 g/mol. The van der Waals surface area contributed by atoms with Crippen LogP contribution in [0.4, 0.5) is 5.82 Å². The molecular weight excluding hydrogens is 222 g/mol. The fourth-order valence-corrected chi connectivity index (χ4v) is 2.57. The van der Waals surface area contributed by atoms with E-state index in [1.807, 2.05) is 6.20 Å². The minimum Gasteiger partial charge on any atom is -0.370 e. The number of hydrogen-bond acceptors (Lipinski definition) is 3. The Morgan fingerprint density at radius 2 is 2.33 bits per heavy atom. The second-order valence-corrected chi connectivity index (χ2v) is 5.27. The number of pyridine rings is 1. The number of aromatic nitrogens is 1. The summed E-state index contributed by atoms with van der Waals surface area (Å²) in [6, 6.07) is 4.32. The Kier molecular flexibility index (Phi) is 5.00. The molecule has 0 spiro atoms. The molecule has 3 nitrogen and oxygen atoms in total. The minimum atomic E-state index is 0.907. The van der Waals surface area contributed by atoms with Gasteiger partial charge in [-0.15, -0.1) is 0 Å². The smallest absolute Gasteiger partial charge is 0.126 e. The van der Waals surface area contributed by atoms with E-state index in [1.54, 1.807) is 0 Å².